The van der Waals surface area contributed by atoms with E-state index in [1.165, 1.54) is 36.4 Å². The molecule has 112 valence electrons. The fourth-order valence-electron chi connectivity index (χ4n) is 1.73. The Kier molecular flexibility index (Phi) is 4.33. The summed E-state index contributed by atoms with van der Waals surface area (Å²) in [6.07, 6.45) is 0. The maximum absolute atomic E-state index is 12.1. The summed E-state index contributed by atoms with van der Waals surface area (Å²) in [5.74, 6) is -0.733. The number of carbonyl (C=O) groups is 1. The maximum Gasteiger partial charge on any atom is 0.282 e. The molecule has 2 rings (SSSR count). The molecule has 0 unspecified atom stereocenters. The zero-order valence-electron chi connectivity index (χ0n) is 10.9. The SMILES string of the molecule is O=C(Nc1ccc([N+](=O)[O-])cc1Cl)c1ccccc1[N+](=O)[O-]. The minimum absolute atomic E-state index is 0.0406. The Hall–Kier alpha value is -3.00. The largest absolute Gasteiger partial charge is 0.320 e. The molecular weight excluding hydrogens is 314 g/mol. The van der Waals surface area contributed by atoms with Crippen LogP contribution in [0.5, 0.6) is 0 Å². The van der Waals surface area contributed by atoms with Crippen molar-refractivity contribution in [2.45, 2.75) is 0 Å². The van der Waals surface area contributed by atoms with Crippen molar-refractivity contribution in [1.82, 2.24) is 0 Å². The lowest BCUT2D eigenvalue weighted by atomic mass is 10.1. The number of nitro groups is 2. The molecule has 0 fully saturated rings. The number of nitro benzene ring substituents is 2. The third-order valence-corrected chi connectivity index (χ3v) is 3.07. The highest BCUT2D eigenvalue weighted by Crippen LogP contribution is 2.28. The van der Waals surface area contributed by atoms with Gasteiger partial charge in [0.05, 0.1) is 20.6 Å². The van der Waals surface area contributed by atoms with E-state index < -0.39 is 15.8 Å². The van der Waals surface area contributed by atoms with E-state index >= 15 is 0 Å². The smallest absolute Gasteiger partial charge is 0.282 e. The number of carbonyl (C=O) groups excluding carboxylic acids is 1. The predicted molar refractivity (Wildman–Crippen MR) is 79.2 cm³/mol. The maximum atomic E-state index is 12.1. The van der Waals surface area contributed by atoms with Crippen LogP contribution < -0.4 is 5.32 Å². The monoisotopic (exact) mass is 321 g/mol. The van der Waals surface area contributed by atoms with Crippen LogP contribution in [0.2, 0.25) is 5.02 Å². The lowest BCUT2D eigenvalue weighted by Crippen LogP contribution is -2.14. The molecule has 9 heteroatoms. The van der Waals surface area contributed by atoms with Crippen molar-refractivity contribution >= 4 is 34.6 Å². The number of hydrogen-bond acceptors (Lipinski definition) is 5. The number of hydrogen-bond donors (Lipinski definition) is 1. The van der Waals surface area contributed by atoms with Crippen molar-refractivity contribution in [3.05, 3.63) is 73.3 Å². The molecule has 22 heavy (non-hydrogen) atoms. The number of halogens is 1. The van der Waals surface area contributed by atoms with E-state index in [1.807, 2.05) is 0 Å². The topological polar surface area (TPSA) is 115 Å². The Balaban J connectivity index is 2.30. The molecule has 0 aliphatic rings. The van der Waals surface area contributed by atoms with Crippen LogP contribution in [0.3, 0.4) is 0 Å². The standard InChI is InChI=1S/C13H8ClN3O5/c14-10-7-8(16(19)20)5-6-11(10)15-13(18)9-3-1-2-4-12(9)17(21)22/h1-7H,(H,15,18). The van der Waals surface area contributed by atoms with Gasteiger partial charge < -0.3 is 5.32 Å². The lowest BCUT2D eigenvalue weighted by Gasteiger charge is -2.07. The van der Waals surface area contributed by atoms with Gasteiger partial charge in [-0.25, -0.2) is 0 Å². The van der Waals surface area contributed by atoms with E-state index in [-0.39, 0.29) is 27.6 Å². The van der Waals surface area contributed by atoms with Crippen LogP contribution in [0, 0.1) is 20.2 Å². The zero-order chi connectivity index (χ0) is 16.3. The molecule has 0 saturated heterocycles. The second-order valence-corrected chi connectivity index (χ2v) is 4.56. The van der Waals surface area contributed by atoms with Crippen molar-refractivity contribution in [3.63, 3.8) is 0 Å². The van der Waals surface area contributed by atoms with E-state index in [9.17, 15) is 25.0 Å². The molecule has 1 N–H and O–H groups in total. The van der Waals surface area contributed by atoms with E-state index in [2.05, 4.69) is 5.32 Å². The van der Waals surface area contributed by atoms with Gasteiger partial charge in [0.1, 0.15) is 5.56 Å². The fourth-order valence-corrected chi connectivity index (χ4v) is 1.96. The predicted octanol–water partition coefficient (Wildman–Crippen LogP) is 3.41. The van der Waals surface area contributed by atoms with E-state index in [0.29, 0.717) is 0 Å². The van der Waals surface area contributed by atoms with Crippen LogP contribution in [-0.2, 0) is 0 Å². The molecule has 0 bridgehead atoms. The van der Waals surface area contributed by atoms with Gasteiger partial charge in [0.15, 0.2) is 0 Å². The summed E-state index contributed by atoms with van der Waals surface area (Å²) < 4.78 is 0. The average Bonchev–Trinajstić information content (AvgIpc) is 2.48. The van der Waals surface area contributed by atoms with Gasteiger partial charge in [-0.1, -0.05) is 23.7 Å². The first-order valence-electron chi connectivity index (χ1n) is 5.89. The van der Waals surface area contributed by atoms with Crippen molar-refractivity contribution in [2.24, 2.45) is 0 Å². The van der Waals surface area contributed by atoms with Gasteiger partial charge in [-0.3, -0.25) is 25.0 Å². The quantitative estimate of drug-likeness (QED) is 0.684. The van der Waals surface area contributed by atoms with Gasteiger partial charge in [0, 0.05) is 18.2 Å². The van der Waals surface area contributed by atoms with Gasteiger partial charge in [0.2, 0.25) is 0 Å². The molecule has 0 atom stereocenters. The number of non-ortho nitro benzene ring substituents is 1. The van der Waals surface area contributed by atoms with Gasteiger partial charge in [-0.15, -0.1) is 0 Å². The Morgan fingerprint density at radius 2 is 1.73 bits per heavy atom. The Morgan fingerprint density at radius 3 is 2.32 bits per heavy atom. The Labute approximate surface area is 128 Å². The number of para-hydroxylation sites is 1. The van der Waals surface area contributed by atoms with Gasteiger partial charge in [-0.05, 0) is 12.1 Å². The lowest BCUT2D eigenvalue weighted by molar-refractivity contribution is -0.385. The first-order chi connectivity index (χ1) is 10.4. The second-order valence-electron chi connectivity index (χ2n) is 4.15. The molecule has 0 heterocycles. The van der Waals surface area contributed by atoms with E-state index in [0.717, 1.165) is 6.07 Å². The number of nitrogens with one attached hydrogen (secondary N) is 1. The van der Waals surface area contributed by atoms with Gasteiger partial charge in [-0.2, -0.15) is 0 Å². The third-order valence-electron chi connectivity index (χ3n) is 2.76. The molecule has 8 nitrogen and oxygen atoms in total. The molecule has 2 aromatic rings. The number of nitrogens with zero attached hydrogens (tertiary/aromatic N) is 2. The summed E-state index contributed by atoms with van der Waals surface area (Å²) in [4.78, 5) is 32.3. The Morgan fingerprint density at radius 1 is 1.05 bits per heavy atom. The van der Waals surface area contributed by atoms with Crippen molar-refractivity contribution < 1.29 is 14.6 Å². The number of rotatable bonds is 4. The third kappa shape index (κ3) is 3.18. The highest BCUT2D eigenvalue weighted by Gasteiger charge is 2.20. The Bertz CT molecular complexity index is 778. The van der Waals surface area contributed by atoms with Gasteiger partial charge in [0.25, 0.3) is 17.3 Å². The molecule has 0 spiro atoms. The molecule has 2 aromatic carbocycles. The van der Waals surface area contributed by atoms with Crippen LogP contribution in [0.4, 0.5) is 17.1 Å². The molecule has 1 amide bonds. The normalized spacial score (nSPS) is 10.0. The molecule has 0 aromatic heterocycles. The number of amides is 1. The average molecular weight is 322 g/mol. The zero-order valence-corrected chi connectivity index (χ0v) is 11.6. The second kappa shape index (κ2) is 6.19. The van der Waals surface area contributed by atoms with Crippen molar-refractivity contribution in [2.75, 3.05) is 5.32 Å². The molecule has 0 aliphatic carbocycles. The van der Waals surface area contributed by atoms with Crippen LogP contribution in [0.1, 0.15) is 10.4 Å². The first-order valence-corrected chi connectivity index (χ1v) is 6.26. The molecular formula is C13H8ClN3O5. The molecule has 0 saturated carbocycles. The van der Waals surface area contributed by atoms with Crippen molar-refractivity contribution in [1.29, 1.82) is 0 Å². The summed E-state index contributed by atoms with van der Waals surface area (Å²) in [6.45, 7) is 0. The highest BCUT2D eigenvalue weighted by atomic mass is 35.5. The molecule has 0 radical (unpaired) electrons. The fraction of sp³-hybridized carbons (Fsp3) is 0. The summed E-state index contributed by atoms with van der Waals surface area (Å²) in [5, 5.41) is 23.9. The molecule has 0 aliphatic heterocycles. The minimum atomic E-state index is -0.733. The summed E-state index contributed by atoms with van der Waals surface area (Å²) in [6, 6.07) is 8.93. The summed E-state index contributed by atoms with van der Waals surface area (Å²) >= 11 is 5.85. The van der Waals surface area contributed by atoms with E-state index in [1.54, 1.807) is 0 Å². The van der Waals surface area contributed by atoms with Crippen LogP contribution in [0.25, 0.3) is 0 Å². The number of benzene rings is 2. The first kappa shape index (κ1) is 15.4. The van der Waals surface area contributed by atoms with Crippen molar-refractivity contribution in [3.8, 4) is 0 Å². The van der Waals surface area contributed by atoms with E-state index in [4.69, 9.17) is 11.6 Å². The number of anilines is 1. The van der Waals surface area contributed by atoms with Crippen LogP contribution >= 0.6 is 11.6 Å². The highest BCUT2D eigenvalue weighted by molar-refractivity contribution is 6.34. The van der Waals surface area contributed by atoms with Crippen LogP contribution in [-0.4, -0.2) is 15.8 Å². The summed E-state index contributed by atoms with van der Waals surface area (Å²) in [5.41, 5.74) is -0.593. The van der Waals surface area contributed by atoms with Crippen LogP contribution in [0.15, 0.2) is 42.5 Å². The minimum Gasteiger partial charge on any atom is -0.320 e. The van der Waals surface area contributed by atoms with Gasteiger partial charge >= 0.3 is 0 Å². The summed E-state index contributed by atoms with van der Waals surface area (Å²) in [7, 11) is 0.